The maximum absolute atomic E-state index is 10.6. The van der Waals surface area contributed by atoms with Gasteiger partial charge < -0.3 is 10.8 Å². The van der Waals surface area contributed by atoms with Gasteiger partial charge in [0.05, 0.1) is 5.69 Å². The van der Waals surface area contributed by atoms with E-state index < -0.39 is 12.0 Å². The van der Waals surface area contributed by atoms with Gasteiger partial charge in [0.1, 0.15) is 6.04 Å². The summed E-state index contributed by atoms with van der Waals surface area (Å²) in [4.78, 5) is 18.5. The molecule has 1 unspecified atom stereocenters. The van der Waals surface area contributed by atoms with Gasteiger partial charge in [-0.3, -0.25) is 9.20 Å². The minimum Gasteiger partial charge on any atom is -0.480 e. The highest BCUT2D eigenvalue weighted by Gasteiger charge is 2.15. The predicted octanol–water partition coefficient (Wildman–Crippen LogP) is -0.186. The minimum atomic E-state index is -1.10. The molecule has 0 radical (unpaired) electrons. The lowest BCUT2D eigenvalue weighted by Gasteiger charge is -2.04. The number of hydrogen-bond acceptors (Lipinski definition) is 4. The standard InChI is InChI=1S/C8H8N4O2/c9-6(7(13)14)5-1-3-12-4-2-10-8(12)11-5/h1-4,6H,9H2,(H,13,14). The van der Waals surface area contributed by atoms with E-state index in [1.54, 1.807) is 29.1 Å². The molecule has 0 bridgehead atoms. The highest BCUT2D eigenvalue weighted by atomic mass is 16.4. The van der Waals surface area contributed by atoms with Crippen LogP contribution in [0, 0.1) is 0 Å². The summed E-state index contributed by atoms with van der Waals surface area (Å²) in [7, 11) is 0. The third-order valence-corrected chi connectivity index (χ3v) is 1.87. The molecule has 6 heteroatoms. The third kappa shape index (κ3) is 1.31. The van der Waals surface area contributed by atoms with Crippen molar-refractivity contribution in [2.45, 2.75) is 6.04 Å². The monoisotopic (exact) mass is 192 g/mol. The van der Waals surface area contributed by atoms with E-state index in [2.05, 4.69) is 9.97 Å². The highest BCUT2D eigenvalue weighted by molar-refractivity contribution is 5.74. The molecule has 2 rings (SSSR count). The van der Waals surface area contributed by atoms with E-state index in [4.69, 9.17) is 10.8 Å². The average Bonchev–Trinajstić information content (AvgIpc) is 2.62. The summed E-state index contributed by atoms with van der Waals surface area (Å²) in [5, 5.41) is 8.67. The van der Waals surface area contributed by atoms with Gasteiger partial charge in [0.2, 0.25) is 5.78 Å². The molecular weight excluding hydrogens is 184 g/mol. The van der Waals surface area contributed by atoms with Gasteiger partial charge in [-0.05, 0) is 6.07 Å². The first kappa shape index (κ1) is 8.64. The summed E-state index contributed by atoms with van der Waals surface area (Å²) in [5.74, 6) is -0.660. The Labute approximate surface area is 79.0 Å². The minimum absolute atomic E-state index is 0.302. The topological polar surface area (TPSA) is 93.5 Å². The summed E-state index contributed by atoms with van der Waals surface area (Å²) in [6.07, 6.45) is 4.98. The van der Waals surface area contributed by atoms with Gasteiger partial charge in [-0.2, -0.15) is 0 Å². The number of carboxylic acids is 1. The molecule has 2 aromatic heterocycles. The number of carbonyl (C=O) groups is 1. The van der Waals surface area contributed by atoms with Crippen LogP contribution in [0.3, 0.4) is 0 Å². The molecule has 14 heavy (non-hydrogen) atoms. The van der Waals surface area contributed by atoms with Crippen molar-refractivity contribution in [2.75, 3.05) is 0 Å². The molecule has 0 aliphatic heterocycles. The largest absolute Gasteiger partial charge is 0.480 e. The van der Waals surface area contributed by atoms with Crippen molar-refractivity contribution in [1.29, 1.82) is 0 Å². The number of nitrogens with zero attached hydrogens (tertiary/aromatic N) is 3. The van der Waals surface area contributed by atoms with Crippen LogP contribution in [-0.2, 0) is 4.79 Å². The molecule has 1 atom stereocenters. The summed E-state index contributed by atoms with van der Waals surface area (Å²) in [5.41, 5.74) is 5.70. The van der Waals surface area contributed by atoms with Gasteiger partial charge in [-0.15, -0.1) is 0 Å². The van der Waals surface area contributed by atoms with Crippen LogP contribution in [0.5, 0.6) is 0 Å². The number of aromatic nitrogens is 3. The second kappa shape index (κ2) is 3.08. The molecule has 3 N–H and O–H groups in total. The lowest BCUT2D eigenvalue weighted by Crippen LogP contribution is -2.22. The normalized spacial score (nSPS) is 12.9. The van der Waals surface area contributed by atoms with Gasteiger partial charge in [0.25, 0.3) is 0 Å². The molecule has 0 aromatic carbocycles. The Morgan fingerprint density at radius 2 is 2.36 bits per heavy atom. The van der Waals surface area contributed by atoms with Gasteiger partial charge in [-0.25, -0.2) is 9.97 Å². The number of nitrogens with two attached hydrogens (primary N) is 1. The second-order valence-corrected chi connectivity index (χ2v) is 2.80. The SMILES string of the molecule is NC(C(=O)O)c1ccn2ccnc2n1. The van der Waals surface area contributed by atoms with Crippen LogP contribution >= 0.6 is 0 Å². The Morgan fingerprint density at radius 3 is 3.07 bits per heavy atom. The van der Waals surface area contributed by atoms with Crippen LogP contribution in [0.25, 0.3) is 5.78 Å². The number of hydrogen-bond donors (Lipinski definition) is 2. The number of carboxylic acid groups (broad SMARTS) is 1. The molecule has 2 aromatic rings. The molecule has 2 heterocycles. The summed E-state index contributed by atoms with van der Waals surface area (Å²) < 4.78 is 1.68. The number of rotatable bonds is 2. The Morgan fingerprint density at radius 1 is 1.57 bits per heavy atom. The maximum Gasteiger partial charge on any atom is 0.326 e. The van der Waals surface area contributed by atoms with Gasteiger partial charge in [0.15, 0.2) is 0 Å². The van der Waals surface area contributed by atoms with Crippen LogP contribution in [0.4, 0.5) is 0 Å². The quantitative estimate of drug-likeness (QED) is 0.688. The van der Waals surface area contributed by atoms with Crippen LogP contribution in [0.2, 0.25) is 0 Å². The van der Waals surface area contributed by atoms with Crippen LogP contribution in [-0.4, -0.2) is 25.4 Å². The molecule has 0 amide bonds. The van der Waals surface area contributed by atoms with Gasteiger partial charge in [0, 0.05) is 18.6 Å². The van der Waals surface area contributed by atoms with E-state index >= 15 is 0 Å². The molecule has 0 aliphatic carbocycles. The average molecular weight is 192 g/mol. The summed E-state index contributed by atoms with van der Waals surface area (Å²) in [6, 6.07) is 0.463. The zero-order valence-electron chi connectivity index (χ0n) is 7.16. The Hall–Kier alpha value is -1.95. The predicted molar refractivity (Wildman–Crippen MR) is 47.6 cm³/mol. The first-order chi connectivity index (χ1) is 6.68. The molecule has 6 nitrogen and oxygen atoms in total. The molecule has 72 valence electrons. The summed E-state index contributed by atoms with van der Waals surface area (Å²) >= 11 is 0. The van der Waals surface area contributed by atoms with E-state index in [1.807, 2.05) is 0 Å². The third-order valence-electron chi connectivity index (χ3n) is 1.87. The van der Waals surface area contributed by atoms with Crippen molar-refractivity contribution in [3.8, 4) is 0 Å². The first-order valence-electron chi connectivity index (χ1n) is 3.96. The fourth-order valence-electron chi connectivity index (χ4n) is 1.12. The van der Waals surface area contributed by atoms with Crippen molar-refractivity contribution in [3.63, 3.8) is 0 Å². The number of fused-ring (bicyclic) bond motifs is 1. The van der Waals surface area contributed by atoms with Crippen LogP contribution < -0.4 is 5.73 Å². The van der Waals surface area contributed by atoms with Gasteiger partial charge >= 0.3 is 5.97 Å². The molecule has 0 spiro atoms. The molecule has 0 aliphatic rings. The van der Waals surface area contributed by atoms with E-state index in [0.717, 1.165) is 0 Å². The zero-order valence-corrected chi connectivity index (χ0v) is 7.16. The van der Waals surface area contributed by atoms with Crippen LogP contribution in [0.15, 0.2) is 24.7 Å². The van der Waals surface area contributed by atoms with Crippen molar-refractivity contribution in [1.82, 2.24) is 14.4 Å². The zero-order chi connectivity index (χ0) is 10.1. The first-order valence-corrected chi connectivity index (χ1v) is 3.96. The Balaban J connectivity index is 2.48. The van der Waals surface area contributed by atoms with Gasteiger partial charge in [-0.1, -0.05) is 0 Å². The van der Waals surface area contributed by atoms with Crippen molar-refractivity contribution in [3.05, 3.63) is 30.4 Å². The van der Waals surface area contributed by atoms with Crippen molar-refractivity contribution in [2.24, 2.45) is 5.73 Å². The number of imidazole rings is 1. The molecule has 0 fully saturated rings. The molecule has 0 saturated heterocycles. The highest BCUT2D eigenvalue weighted by Crippen LogP contribution is 2.08. The Bertz CT molecular complexity index is 479. The lowest BCUT2D eigenvalue weighted by atomic mass is 10.2. The fourth-order valence-corrected chi connectivity index (χ4v) is 1.12. The maximum atomic E-state index is 10.6. The smallest absolute Gasteiger partial charge is 0.326 e. The van der Waals surface area contributed by atoms with E-state index in [-0.39, 0.29) is 0 Å². The molecule has 0 saturated carbocycles. The lowest BCUT2D eigenvalue weighted by molar-refractivity contribution is -0.138. The van der Waals surface area contributed by atoms with Crippen molar-refractivity contribution < 1.29 is 9.90 Å². The van der Waals surface area contributed by atoms with E-state index in [0.29, 0.717) is 11.5 Å². The Kier molecular flexibility index (Phi) is 1.90. The van der Waals surface area contributed by atoms with Crippen LogP contribution in [0.1, 0.15) is 11.7 Å². The second-order valence-electron chi connectivity index (χ2n) is 2.80. The van der Waals surface area contributed by atoms with E-state index in [1.165, 1.54) is 0 Å². The number of aliphatic carboxylic acids is 1. The fraction of sp³-hybridized carbons (Fsp3) is 0.125. The summed E-state index contributed by atoms with van der Waals surface area (Å²) in [6.45, 7) is 0. The van der Waals surface area contributed by atoms with E-state index in [9.17, 15) is 4.79 Å². The molecular formula is C8H8N4O2. The van der Waals surface area contributed by atoms with Crippen molar-refractivity contribution >= 4 is 11.7 Å².